The van der Waals surface area contributed by atoms with E-state index in [0.29, 0.717) is 95.4 Å². The third-order valence-corrected chi connectivity index (χ3v) is 21.4. The van der Waals surface area contributed by atoms with E-state index in [1.807, 2.05) is 46.0 Å². The van der Waals surface area contributed by atoms with Gasteiger partial charge in [0, 0.05) is 72.0 Å². The summed E-state index contributed by atoms with van der Waals surface area (Å²) in [5.41, 5.74) is 2.28. The van der Waals surface area contributed by atoms with Crippen molar-refractivity contribution in [1.29, 1.82) is 0 Å². The molecule has 2 aromatic carbocycles. The molecule has 4 saturated carbocycles. The quantitative estimate of drug-likeness (QED) is 0.0553. The molecule has 2 unspecified atom stereocenters. The summed E-state index contributed by atoms with van der Waals surface area (Å²) >= 11 is 2.98. The second kappa shape index (κ2) is 22.6. The van der Waals surface area contributed by atoms with Gasteiger partial charge in [0.2, 0.25) is 10.9 Å². The van der Waals surface area contributed by atoms with Gasteiger partial charge in [0.1, 0.15) is 15.9 Å². The predicted octanol–water partition coefficient (Wildman–Crippen LogP) is 9.99. The van der Waals surface area contributed by atoms with Crippen molar-refractivity contribution >= 4 is 65.9 Å². The number of nitrogens with one attached hydrogen (secondary N) is 3. The van der Waals surface area contributed by atoms with Gasteiger partial charge in [0.25, 0.3) is 0 Å². The molecule has 18 nitrogen and oxygen atoms in total. The molecular formula is C54H65N8O10S4+. The summed E-state index contributed by atoms with van der Waals surface area (Å²) in [5.74, 6) is 0.788. The fourth-order valence-electron chi connectivity index (χ4n) is 10.4. The number of rotatable bonds is 19. The number of ether oxygens (including phenoxy) is 3. The van der Waals surface area contributed by atoms with E-state index in [4.69, 9.17) is 19.2 Å². The van der Waals surface area contributed by atoms with Crippen LogP contribution < -0.4 is 25.3 Å². The Morgan fingerprint density at radius 1 is 0.750 bits per heavy atom. The SMILES string of the molecule is CC(C)OC(=O)N[C@H]1CC[C@H](c2ncc(-c3ccc(Oc4ccccn4)cc3S(=O)(=O)C3CC3[n+]3cc(-c4ccc(Nc5cnn(CCO)c5)cc4S(=O)(=O)C4CC4)sc3[C@H]3CC[C@H](NC(=O)OC(C)C)CC3)s2)CC1. The summed E-state index contributed by atoms with van der Waals surface area (Å²) in [7, 11) is -7.84. The Bertz CT molecular complexity index is 3270. The highest BCUT2D eigenvalue weighted by atomic mass is 32.2. The molecule has 10 rings (SSSR count). The van der Waals surface area contributed by atoms with E-state index in [-0.39, 0.29) is 52.5 Å². The van der Waals surface area contributed by atoms with E-state index in [1.54, 1.807) is 71.9 Å². The number of hydrogen-bond acceptors (Lipinski definition) is 16. The fourth-order valence-corrected chi connectivity index (χ4v) is 17.0. The first-order valence-electron chi connectivity index (χ1n) is 26.2. The number of benzene rings is 2. The monoisotopic (exact) mass is 1110 g/mol. The number of carbonyl (C=O) groups is 2. The molecule has 2 atom stereocenters. The zero-order valence-corrected chi connectivity index (χ0v) is 46.2. The summed E-state index contributed by atoms with van der Waals surface area (Å²) in [5, 5.41) is 23.6. The van der Waals surface area contributed by atoms with Gasteiger partial charge in [-0.2, -0.15) is 9.67 Å². The van der Waals surface area contributed by atoms with Gasteiger partial charge in [-0.15, -0.1) is 11.3 Å². The Hall–Kier alpha value is -5.94. The van der Waals surface area contributed by atoms with Crippen LogP contribution in [0.5, 0.6) is 11.6 Å². The van der Waals surface area contributed by atoms with Crippen LogP contribution in [0.3, 0.4) is 0 Å². The van der Waals surface area contributed by atoms with Crippen molar-refractivity contribution < 1.29 is 50.3 Å². The van der Waals surface area contributed by atoms with E-state index in [0.717, 1.165) is 35.7 Å². The van der Waals surface area contributed by atoms with E-state index in [9.17, 15) is 23.1 Å². The number of thiazole rings is 2. The number of aliphatic hydroxyl groups is 1. The first-order valence-corrected chi connectivity index (χ1v) is 31.0. The van der Waals surface area contributed by atoms with Gasteiger partial charge in [-0.25, -0.2) is 36.4 Å². The Balaban J connectivity index is 0.975. The maximum atomic E-state index is 15.5. The summed E-state index contributed by atoms with van der Waals surface area (Å²) in [4.78, 5) is 35.9. The van der Waals surface area contributed by atoms with Crippen LogP contribution in [0.1, 0.15) is 126 Å². The van der Waals surface area contributed by atoms with Gasteiger partial charge >= 0.3 is 12.2 Å². The number of hydrogen-bond donors (Lipinski definition) is 4. The van der Waals surface area contributed by atoms with Crippen molar-refractivity contribution in [2.24, 2.45) is 0 Å². The average molecular weight is 1110 g/mol. The molecule has 4 aliphatic carbocycles. The maximum Gasteiger partial charge on any atom is 0.407 e. The molecule has 76 heavy (non-hydrogen) atoms. The Kier molecular flexibility index (Phi) is 15.9. The lowest BCUT2D eigenvalue weighted by Crippen LogP contribution is -2.41. The summed E-state index contributed by atoms with van der Waals surface area (Å²) in [6.07, 6.45) is 14.8. The van der Waals surface area contributed by atoms with Crippen molar-refractivity contribution in [3.05, 3.63) is 95.6 Å². The van der Waals surface area contributed by atoms with Gasteiger partial charge < -0.3 is 35.3 Å². The zero-order valence-electron chi connectivity index (χ0n) is 43.0. The minimum atomic E-state index is -4.08. The lowest BCUT2D eigenvalue weighted by atomic mass is 9.86. The maximum absolute atomic E-state index is 15.5. The van der Waals surface area contributed by atoms with Crippen molar-refractivity contribution in [2.75, 3.05) is 11.9 Å². The number of alkyl carbamates (subject to hydrolysis) is 2. The van der Waals surface area contributed by atoms with Crippen molar-refractivity contribution in [2.45, 2.75) is 167 Å². The number of aliphatic hydroxyl groups excluding tert-OH is 1. The molecule has 4 aliphatic rings. The van der Waals surface area contributed by atoms with Crippen LogP contribution in [0.4, 0.5) is 21.0 Å². The number of amides is 2. The van der Waals surface area contributed by atoms with Crippen molar-refractivity contribution in [3.63, 3.8) is 0 Å². The van der Waals surface area contributed by atoms with Crippen LogP contribution in [-0.2, 0) is 35.7 Å². The molecule has 4 aromatic heterocycles. The molecule has 0 saturated heterocycles. The molecule has 4 N–H and O–H groups in total. The van der Waals surface area contributed by atoms with E-state index in [1.165, 1.54) is 22.7 Å². The fraction of sp³-hybridized carbons (Fsp3) is 0.481. The number of anilines is 2. The predicted molar refractivity (Wildman–Crippen MR) is 289 cm³/mol. The average Bonchev–Trinajstić information content (AvgIpc) is 4.38. The zero-order chi connectivity index (χ0) is 53.3. The lowest BCUT2D eigenvalue weighted by molar-refractivity contribution is -0.703. The molecule has 404 valence electrons. The first-order chi connectivity index (χ1) is 36.5. The molecule has 0 aliphatic heterocycles. The van der Waals surface area contributed by atoms with Gasteiger partial charge in [-0.1, -0.05) is 17.4 Å². The number of sulfone groups is 2. The van der Waals surface area contributed by atoms with E-state index >= 15 is 8.42 Å². The smallest absolute Gasteiger partial charge is 0.407 e. The van der Waals surface area contributed by atoms with Gasteiger partial charge in [-0.3, -0.25) is 4.68 Å². The van der Waals surface area contributed by atoms with Crippen LogP contribution in [-0.4, -0.2) is 95.3 Å². The molecule has 2 amide bonds. The van der Waals surface area contributed by atoms with Gasteiger partial charge in [-0.05, 0) is 128 Å². The Morgan fingerprint density at radius 2 is 1.41 bits per heavy atom. The van der Waals surface area contributed by atoms with Gasteiger partial charge in [0.15, 0.2) is 31.9 Å². The molecule has 4 fully saturated rings. The normalized spacial score (nSPS) is 21.8. The van der Waals surface area contributed by atoms with Crippen molar-refractivity contribution in [1.82, 2.24) is 30.4 Å². The summed E-state index contributed by atoms with van der Waals surface area (Å²) < 4.78 is 80.2. The molecule has 0 bridgehead atoms. The Labute approximate surface area is 451 Å². The Morgan fingerprint density at radius 3 is 2.05 bits per heavy atom. The largest absolute Gasteiger partial charge is 0.447 e. The lowest BCUT2D eigenvalue weighted by Gasteiger charge is -2.28. The summed E-state index contributed by atoms with van der Waals surface area (Å²) in [6, 6.07) is 15.2. The molecule has 0 spiro atoms. The van der Waals surface area contributed by atoms with Gasteiger partial charge in [0.05, 0.1) is 68.1 Å². The van der Waals surface area contributed by atoms with Crippen LogP contribution in [0.25, 0.3) is 20.9 Å². The molecule has 4 heterocycles. The second-order valence-corrected chi connectivity index (χ2v) is 27.3. The highest BCUT2D eigenvalue weighted by Crippen LogP contribution is 2.50. The van der Waals surface area contributed by atoms with Crippen LogP contribution in [0.15, 0.2) is 95.4 Å². The van der Waals surface area contributed by atoms with Crippen LogP contribution in [0.2, 0.25) is 0 Å². The minimum Gasteiger partial charge on any atom is -0.447 e. The first kappa shape index (κ1) is 53.5. The van der Waals surface area contributed by atoms with Crippen LogP contribution >= 0.6 is 22.7 Å². The van der Waals surface area contributed by atoms with E-state index in [2.05, 4.69) is 30.6 Å². The molecule has 22 heteroatoms. The number of pyridine rings is 1. The standard InChI is InChI=1S/C54H64N8O10S4/c1-32(2)70-53(64)59-36-12-8-34(9-13-36)51-56-29-45(73-51)42-21-17-40(72-50-7-5-6-22-55-50)26-48(42)76(68,69)49-27-44(49)62-31-46(74-52(62)35-10-14-37(15-11-35)60-54(65)71-33(3)4)43-20-16-38(25-47(43)75(66,67)41-18-19-41)58-39-28-57-61(30-39)23-24-63/h5-7,16-17,20-22,25-26,28-37,41,44,49,58,63H,8-15,18-19,23-24,27H2,1-4H3,(H-,59,60,64,65)/p+1/t34-,35-,36-,37-,44?,49?. The molecule has 0 radical (unpaired) electrons. The highest BCUT2D eigenvalue weighted by Gasteiger charge is 2.58. The topological polar surface area (TPSA) is 234 Å². The third kappa shape index (κ3) is 12.3. The number of aromatic nitrogens is 5. The highest BCUT2D eigenvalue weighted by molar-refractivity contribution is 7.92. The molecular weight excluding hydrogens is 1050 g/mol. The third-order valence-electron chi connectivity index (χ3n) is 14.3. The summed E-state index contributed by atoms with van der Waals surface area (Å²) in [6.45, 7) is 7.49. The minimum absolute atomic E-state index is 0.00254. The molecule has 6 aromatic rings. The van der Waals surface area contributed by atoms with Crippen LogP contribution in [0, 0.1) is 0 Å². The second-order valence-electron chi connectivity index (χ2n) is 20.8. The number of nitrogens with zero attached hydrogens (tertiary/aromatic N) is 5. The number of carbonyl (C=O) groups excluding carboxylic acids is 2. The van der Waals surface area contributed by atoms with E-state index < -0.39 is 48.4 Å². The van der Waals surface area contributed by atoms with Crippen molar-refractivity contribution in [3.8, 4) is 32.5 Å².